The standard InChI is InChI=1S/C20H17N3O6/c1-11(22-23-19(27)13-9-15(24)18(26)16(25)10-13)12-4-2-5-14(8-12)21-20(28)17-6-3-7-29-17/h2-10,24-26H,1H3,(H,21,28)(H,23,27)/b22-11+. The highest BCUT2D eigenvalue weighted by molar-refractivity contribution is 6.04. The number of nitrogens with one attached hydrogen (secondary N) is 2. The number of phenolic OH excluding ortho intramolecular Hbond substituents is 3. The molecule has 9 heteroatoms. The maximum absolute atomic E-state index is 12.2. The van der Waals surface area contributed by atoms with E-state index in [1.165, 1.54) is 6.26 Å². The second-order valence-corrected chi connectivity index (χ2v) is 6.01. The molecule has 0 bridgehead atoms. The van der Waals surface area contributed by atoms with E-state index in [9.17, 15) is 24.9 Å². The van der Waals surface area contributed by atoms with Crippen molar-refractivity contribution in [1.82, 2.24) is 5.43 Å². The fourth-order valence-electron chi connectivity index (χ4n) is 2.42. The highest BCUT2D eigenvalue weighted by atomic mass is 16.3. The van der Waals surface area contributed by atoms with Crippen LogP contribution in [-0.2, 0) is 0 Å². The molecule has 0 saturated heterocycles. The molecule has 29 heavy (non-hydrogen) atoms. The Morgan fingerprint density at radius 1 is 0.931 bits per heavy atom. The summed E-state index contributed by atoms with van der Waals surface area (Å²) in [4.78, 5) is 24.2. The Balaban J connectivity index is 1.71. The van der Waals surface area contributed by atoms with Crippen molar-refractivity contribution in [2.75, 3.05) is 5.32 Å². The predicted molar refractivity (Wildman–Crippen MR) is 104 cm³/mol. The van der Waals surface area contributed by atoms with Crippen LogP contribution in [0.1, 0.15) is 33.4 Å². The summed E-state index contributed by atoms with van der Waals surface area (Å²) < 4.78 is 5.04. The molecule has 148 valence electrons. The fraction of sp³-hybridized carbons (Fsp3) is 0.0500. The first-order chi connectivity index (χ1) is 13.8. The Bertz CT molecular complexity index is 1070. The van der Waals surface area contributed by atoms with Gasteiger partial charge < -0.3 is 25.1 Å². The van der Waals surface area contributed by atoms with Gasteiger partial charge in [-0.15, -0.1) is 0 Å². The highest BCUT2D eigenvalue weighted by Crippen LogP contribution is 2.35. The minimum atomic E-state index is -0.713. The van der Waals surface area contributed by atoms with Crippen LogP contribution in [0.5, 0.6) is 17.2 Å². The topological polar surface area (TPSA) is 144 Å². The van der Waals surface area contributed by atoms with Crippen molar-refractivity contribution in [1.29, 1.82) is 0 Å². The van der Waals surface area contributed by atoms with Gasteiger partial charge in [-0.3, -0.25) is 9.59 Å². The van der Waals surface area contributed by atoms with Crippen LogP contribution in [0.4, 0.5) is 5.69 Å². The summed E-state index contributed by atoms with van der Waals surface area (Å²) in [5.74, 6) is -2.89. The molecule has 0 saturated carbocycles. The molecule has 9 nitrogen and oxygen atoms in total. The second-order valence-electron chi connectivity index (χ2n) is 6.01. The summed E-state index contributed by atoms with van der Waals surface area (Å²) >= 11 is 0. The molecule has 0 aliphatic heterocycles. The van der Waals surface area contributed by atoms with Gasteiger partial charge in [-0.05, 0) is 48.9 Å². The van der Waals surface area contributed by atoms with Gasteiger partial charge in [0, 0.05) is 11.3 Å². The molecule has 2 aromatic carbocycles. The van der Waals surface area contributed by atoms with E-state index in [1.54, 1.807) is 43.3 Å². The highest BCUT2D eigenvalue weighted by Gasteiger charge is 2.13. The van der Waals surface area contributed by atoms with E-state index in [0.717, 1.165) is 12.1 Å². The van der Waals surface area contributed by atoms with E-state index in [0.29, 0.717) is 17.0 Å². The van der Waals surface area contributed by atoms with Crippen molar-refractivity contribution >= 4 is 23.2 Å². The van der Waals surface area contributed by atoms with Crippen LogP contribution in [-0.4, -0.2) is 32.8 Å². The summed E-state index contributed by atoms with van der Waals surface area (Å²) in [5.41, 5.74) is 3.80. The van der Waals surface area contributed by atoms with Crippen molar-refractivity contribution in [2.45, 2.75) is 6.92 Å². The van der Waals surface area contributed by atoms with Crippen molar-refractivity contribution in [3.05, 3.63) is 71.7 Å². The number of aromatic hydroxyl groups is 3. The number of phenols is 3. The molecule has 3 aromatic rings. The van der Waals surface area contributed by atoms with E-state index in [-0.39, 0.29) is 11.3 Å². The molecule has 0 aliphatic carbocycles. The SMILES string of the molecule is C/C(=N\NC(=O)c1cc(O)c(O)c(O)c1)c1cccc(NC(=O)c2ccco2)c1. The molecule has 1 aromatic heterocycles. The smallest absolute Gasteiger partial charge is 0.291 e. The van der Waals surface area contributed by atoms with E-state index in [1.807, 2.05) is 0 Å². The largest absolute Gasteiger partial charge is 0.504 e. The van der Waals surface area contributed by atoms with Crippen molar-refractivity contribution in [3.8, 4) is 17.2 Å². The van der Waals surface area contributed by atoms with Gasteiger partial charge in [-0.2, -0.15) is 5.10 Å². The zero-order valence-electron chi connectivity index (χ0n) is 15.2. The number of hydrogen-bond donors (Lipinski definition) is 5. The zero-order chi connectivity index (χ0) is 21.0. The molecule has 0 unspecified atom stereocenters. The molecular weight excluding hydrogens is 378 g/mol. The van der Waals surface area contributed by atoms with E-state index < -0.39 is 29.1 Å². The van der Waals surface area contributed by atoms with Gasteiger partial charge in [0.1, 0.15) is 0 Å². The zero-order valence-corrected chi connectivity index (χ0v) is 15.2. The third-order valence-corrected chi connectivity index (χ3v) is 3.94. The molecule has 0 atom stereocenters. The van der Waals surface area contributed by atoms with E-state index in [2.05, 4.69) is 15.8 Å². The van der Waals surface area contributed by atoms with Crippen LogP contribution in [0, 0.1) is 0 Å². The Hall–Kier alpha value is -4.27. The summed E-state index contributed by atoms with van der Waals surface area (Å²) in [6, 6.07) is 12.0. The number of carbonyl (C=O) groups excluding carboxylic acids is 2. The molecule has 0 aliphatic rings. The third kappa shape index (κ3) is 4.53. The number of nitrogens with zero attached hydrogens (tertiary/aromatic N) is 1. The quantitative estimate of drug-likeness (QED) is 0.255. The first kappa shape index (κ1) is 19.5. The van der Waals surface area contributed by atoms with E-state index >= 15 is 0 Å². The van der Waals surface area contributed by atoms with Crippen LogP contribution in [0.3, 0.4) is 0 Å². The minimum Gasteiger partial charge on any atom is -0.504 e. The maximum atomic E-state index is 12.2. The Morgan fingerprint density at radius 3 is 2.31 bits per heavy atom. The molecule has 0 radical (unpaired) electrons. The molecule has 0 fully saturated rings. The number of benzene rings is 2. The number of hydrogen-bond acceptors (Lipinski definition) is 7. The number of carbonyl (C=O) groups is 2. The van der Waals surface area contributed by atoms with Gasteiger partial charge in [-0.25, -0.2) is 5.43 Å². The number of rotatable bonds is 5. The average molecular weight is 395 g/mol. The minimum absolute atomic E-state index is 0.0891. The number of furan rings is 1. The molecule has 5 N–H and O–H groups in total. The lowest BCUT2D eigenvalue weighted by atomic mass is 10.1. The fourth-order valence-corrected chi connectivity index (χ4v) is 2.42. The number of anilines is 1. The van der Waals surface area contributed by atoms with Gasteiger partial charge in [0.15, 0.2) is 23.0 Å². The average Bonchev–Trinajstić information content (AvgIpc) is 3.25. The van der Waals surface area contributed by atoms with Crippen LogP contribution >= 0.6 is 0 Å². The van der Waals surface area contributed by atoms with Crippen molar-refractivity contribution in [2.24, 2.45) is 5.10 Å². The molecular formula is C20H17N3O6. The molecule has 3 rings (SSSR count). The molecule has 2 amide bonds. The van der Waals surface area contributed by atoms with Crippen LogP contribution < -0.4 is 10.7 Å². The third-order valence-electron chi connectivity index (χ3n) is 3.94. The summed E-state index contributed by atoms with van der Waals surface area (Å²) in [7, 11) is 0. The Labute approximate surface area is 164 Å². The van der Waals surface area contributed by atoms with Crippen molar-refractivity contribution in [3.63, 3.8) is 0 Å². The van der Waals surface area contributed by atoms with Gasteiger partial charge in [0.05, 0.1) is 12.0 Å². The normalized spacial score (nSPS) is 11.1. The van der Waals surface area contributed by atoms with Crippen LogP contribution in [0.25, 0.3) is 0 Å². The lowest BCUT2D eigenvalue weighted by molar-refractivity contribution is 0.0952. The van der Waals surface area contributed by atoms with Gasteiger partial charge in [-0.1, -0.05) is 12.1 Å². The maximum Gasteiger partial charge on any atom is 0.291 e. The van der Waals surface area contributed by atoms with Crippen molar-refractivity contribution < 1.29 is 29.3 Å². The Morgan fingerprint density at radius 2 is 1.66 bits per heavy atom. The summed E-state index contributed by atoms with van der Waals surface area (Å²) in [6.07, 6.45) is 1.40. The predicted octanol–water partition coefficient (Wildman–Crippen LogP) is 2.80. The number of amides is 2. The van der Waals surface area contributed by atoms with Crippen LogP contribution in [0.2, 0.25) is 0 Å². The van der Waals surface area contributed by atoms with Gasteiger partial charge >= 0.3 is 0 Å². The van der Waals surface area contributed by atoms with Crippen LogP contribution in [0.15, 0.2) is 64.3 Å². The monoisotopic (exact) mass is 395 g/mol. The lowest BCUT2D eigenvalue weighted by Crippen LogP contribution is -2.19. The molecule has 0 spiro atoms. The summed E-state index contributed by atoms with van der Waals surface area (Å²) in [6.45, 7) is 1.65. The van der Waals surface area contributed by atoms with Gasteiger partial charge in [0.2, 0.25) is 0 Å². The van der Waals surface area contributed by atoms with Gasteiger partial charge in [0.25, 0.3) is 11.8 Å². The summed E-state index contributed by atoms with van der Waals surface area (Å²) in [5, 5.41) is 35.0. The number of hydrazone groups is 1. The second kappa shape index (κ2) is 8.17. The molecule has 1 heterocycles. The van der Waals surface area contributed by atoms with E-state index in [4.69, 9.17) is 4.42 Å². The lowest BCUT2D eigenvalue weighted by Gasteiger charge is -2.08. The first-order valence-corrected chi connectivity index (χ1v) is 8.40. The first-order valence-electron chi connectivity index (χ1n) is 8.40. The Kier molecular flexibility index (Phi) is 5.49.